The van der Waals surface area contributed by atoms with Crippen molar-refractivity contribution in [1.29, 1.82) is 0 Å². The van der Waals surface area contributed by atoms with Gasteiger partial charge in [0.15, 0.2) is 0 Å². The minimum atomic E-state index is -0.318. The molecule has 0 aromatic rings. The van der Waals surface area contributed by atoms with Crippen LogP contribution in [-0.2, 0) is 14.3 Å². The molecular weight excluding hydrogens is 220 g/mol. The number of rotatable bonds is 8. The maximum Gasteiger partial charge on any atom is 0.320 e. The summed E-state index contributed by atoms with van der Waals surface area (Å²) in [5.41, 5.74) is 0. The molecule has 0 N–H and O–H groups in total. The number of esters is 1. The third-order valence-electron chi connectivity index (χ3n) is 2.30. The van der Waals surface area contributed by atoms with E-state index in [1.54, 1.807) is 29.8 Å². The summed E-state index contributed by atoms with van der Waals surface area (Å²) in [6, 6.07) is 0. The molecule has 0 aliphatic rings. The number of hydrogen-bond donors (Lipinski definition) is 0. The molecule has 0 saturated heterocycles. The van der Waals surface area contributed by atoms with Crippen molar-refractivity contribution in [3.05, 3.63) is 12.7 Å². The molecule has 17 heavy (non-hydrogen) atoms. The number of hydrogen-bond acceptors (Lipinski definition) is 4. The van der Waals surface area contributed by atoms with Crippen LogP contribution in [0.2, 0.25) is 0 Å². The lowest BCUT2D eigenvalue weighted by molar-refractivity contribution is -0.144. The van der Waals surface area contributed by atoms with Crippen molar-refractivity contribution < 1.29 is 14.3 Å². The van der Waals surface area contributed by atoms with Crippen LogP contribution >= 0.6 is 0 Å². The fourth-order valence-electron chi connectivity index (χ4n) is 1.25. The fraction of sp³-hybridized carbons (Fsp3) is 0.667. The standard InChI is InChI=1S/C12H22N2O3/c1-5-8-14(10-12(16)17-7-3)9-11(15)13(4)6-2/h5H,1,6-10H2,2-4H3. The van der Waals surface area contributed by atoms with Gasteiger partial charge in [-0.1, -0.05) is 6.08 Å². The summed E-state index contributed by atoms with van der Waals surface area (Å²) in [7, 11) is 1.73. The van der Waals surface area contributed by atoms with Crippen LogP contribution < -0.4 is 0 Å². The molecule has 5 nitrogen and oxygen atoms in total. The first kappa shape index (κ1) is 15.6. The zero-order chi connectivity index (χ0) is 13.3. The van der Waals surface area contributed by atoms with Gasteiger partial charge in [-0.15, -0.1) is 6.58 Å². The molecule has 0 rings (SSSR count). The van der Waals surface area contributed by atoms with Crippen molar-refractivity contribution in [2.75, 3.05) is 39.8 Å². The van der Waals surface area contributed by atoms with Crippen LogP contribution in [0.4, 0.5) is 0 Å². The van der Waals surface area contributed by atoms with Gasteiger partial charge in [0.05, 0.1) is 19.7 Å². The zero-order valence-corrected chi connectivity index (χ0v) is 10.9. The van der Waals surface area contributed by atoms with Gasteiger partial charge >= 0.3 is 5.97 Å². The molecule has 0 saturated carbocycles. The van der Waals surface area contributed by atoms with Gasteiger partial charge in [0.1, 0.15) is 0 Å². The lowest BCUT2D eigenvalue weighted by Crippen LogP contribution is -2.41. The second-order valence-corrected chi connectivity index (χ2v) is 3.67. The Morgan fingerprint density at radius 1 is 1.29 bits per heavy atom. The quantitative estimate of drug-likeness (QED) is 0.460. The van der Waals surface area contributed by atoms with Crippen molar-refractivity contribution in [2.24, 2.45) is 0 Å². The second-order valence-electron chi connectivity index (χ2n) is 3.67. The van der Waals surface area contributed by atoms with Gasteiger partial charge in [-0.2, -0.15) is 0 Å². The van der Waals surface area contributed by atoms with Crippen molar-refractivity contribution in [1.82, 2.24) is 9.80 Å². The van der Waals surface area contributed by atoms with E-state index in [1.165, 1.54) is 0 Å². The summed E-state index contributed by atoms with van der Waals surface area (Å²) in [5, 5.41) is 0. The normalized spacial score (nSPS) is 10.1. The van der Waals surface area contributed by atoms with E-state index in [9.17, 15) is 9.59 Å². The molecule has 0 aromatic carbocycles. The Morgan fingerprint density at radius 3 is 2.41 bits per heavy atom. The smallest absolute Gasteiger partial charge is 0.320 e. The van der Waals surface area contributed by atoms with E-state index in [1.807, 2.05) is 6.92 Å². The van der Waals surface area contributed by atoms with Crippen LogP contribution in [0.3, 0.4) is 0 Å². The predicted octanol–water partition coefficient (Wildman–Crippen LogP) is 0.516. The number of carbonyl (C=O) groups excluding carboxylic acids is 2. The second kappa shape index (κ2) is 8.75. The van der Waals surface area contributed by atoms with E-state index in [0.29, 0.717) is 19.7 Å². The van der Waals surface area contributed by atoms with Gasteiger partial charge in [0.2, 0.25) is 5.91 Å². The Labute approximate surface area is 103 Å². The predicted molar refractivity (Wildman–Crippen MR) is 66.6 cm³/mol. The van der Waals surface area contributed by atoms with Crippen LogP contribution in [0.1, 0.15) is 13.8 Å². The SMILES string of the molecule is C=CCN(CC(=O)OCC)CC(=O)N(C)CC. The van der Waals surface area contributed by atoms with Crippen LogP contribution in [0, 0.1) is 0 Å². The zero-order valence-electron chi connectivity index (χ0n) is 10.9. The van der Waals surface area contributed by atoms with E-state index in [0.717, 1.165) is 0 Å². The van der Waals surface area contributed by atoms with Crippen molar-refractivity contribution in [3.8, 4) is 0 Å². The van der Waals surface area contributed by atoms with E-state index >= 15 is 0 Å². The minimum Gasteiger partial charge on any atom is -0.465 e. The summed E-state index contributed by atoms with van der Waals surface area (Å²) in [4.78, 5) is 26.3. The largest absolute Gasteiger partial charge is 0.465 e. The first-order chi connectivity index (χ1) is 8.04. The third-order valence-corrected chi connectivity index (χ3v) is 2.30. The van der Waals surface area contributed by atoms with Crippen LogP contribution in [-0.4, -0.2) is 61.5 Å². The molecule has 0 radical (unpaired) electrons. The molecule has 0 heterocycles. The molecule has 0 fully saturated rings. The topological polar surface area (TPSA) is 49.9 Å². The summed E-state index contributed by atoms with van der Waals surface area (Å²) in [6.45, 7) is 9.08. The van der Waals surface area contributed by atoms with Crippen molar-refractivity contribution >= 4 is 11.9 Å². The summed E-state index contributed by atoms with van der Waals surface area (Å²) in [6.07, 6.45) is 1.67. The Morgan fingerprint density at radius 2 is 1.94 bits per heavy atom. The van der Waals surface area contributed by atoms with Gasteiger partial charge < -0.3 is 9.64 Å². The molecule has 0 aromatic heterocycles. The minimum absolute atomic E-state index is 0.0151. The van der Waals surface area contributed by atoms with Crippen molar-refractivity contribution in [3.63, 3.8) is 0 Å². The number of amides is 1. The number of likely N-dealkylation sites (N-methyl/N-ethyl adjacent to an activating group) is 1. The van der Waals surface area contributed by atoms with Gasteiger partial charge in [-0.3, -0.25) is 14.5 Å². The maximum absolute atomic E-state index is 11.7. The fourth-order valence-corrected chi connectivity index (χ4v) is 1.25. The van der Waals surface area contributed by atoms with Gasteiger partial charge in [-0.05, 0) is 13.8 Å². The number of nitrogens with zero attached hydrogens (tertiary/aromatic N) is 2. The van der Waals surface area contributed by atoms with E-state index in [4.69, 9.17) is 4.74 Å². The summed E-state index contributed by atoms with van der Waals surface area (Å²) in [5.74, 6) is -0.333. The van der Waals surface area contributed by atoms with Crippen LogP contribution in [0.5, 0.6) is 0 Å². The van der Waals surface area contributed by atoms with E-state index in [-0.39, 0.29) is 25.0 Å². The Bertz CT molecular complexity index is 266. The van der Waals surface area contributed by atoms with Gasteiger partial charge in [-0.25, -0.2) is 0 Å². The number of ether oxygens (including phenoxy) is 1. The first-order valence-electron chi connectivity index (χ1n) is 5.77. The molecule has 98 valence electrons. The molecule has 0 aliphatic heterocycles. The summed E-state index contributed by atoms with van der Waals surface area (Å²) < 4.78 is 4.85. The highest BCUT2D eigenvalue weighted by Crippen LogP contribution is 1.94. The monoisotopic (exact) mass is 242 g/mol. The molecule has 1 amide bonds. The lowest BCUT2D eigenvalue weighted by atomic mass is 10.4. The van der Waals surface area contributed by atoms with E-state index in [2.05, 4.69) is 6.58 Å². The summed E-state index contributed by atoms with van der Waals surface area (Å²) >= 11 is 0. The maximum atomic E-state index is 11.7. The highest BCUT2D eigenvalue weighted by atomic mass is 16.5. The average molecular weight is 242 g/mol. The third kappa shape index (κ3) is 6.73. The molecule has 0 unspecified atom stereocenters. The molecule has 0 bridgehead atoms. The molecule has 0 spiro atoms. The number of carbonyl (C=O) groups is 2. The van der Waals surface area contributed by atoms with Crippen LogP contribution in [0.25, 0.3) is 0 Å². The molecule has 5 heteroatoms. The highest BCUT2D eigenvalue weighted by molar-refractivity contribution is 5.79. The molecule has 0 aliphatic carbocycles. The lowest BCUT2D eigenvalue weighted by Gasteiger charge is -2.22. The average Bonchev–Trinajstić information content (AvgIpc) is 2.28. The molecule has 0 atom stereocenters. The van der Waals surface area contributed by atoms with Gasteiger partial charge in [0.25, 0.3) is 0 Å². The Hall–Kier alpha value is -1.36. The van der Waals surface area contributed by atoms with Crippen molar-refractivity contribution in [2.45, 2.75) is 13.8 Å². The van der Waals surface area contributed by atoms with E-state index < -0.39 is 0 Å². The van der Waals surface area contributed by atoms with Gasteiger partial charge in [0, 0.05) is 20.1 Å². The molecular formula is C12H22N2O3. The van der Waals surface area contributed by atoms with Crippen LogP contribution in [0.15, 0.2) is 12.7 Å². The highest BCUT2D eigenvalue weighted by Gasteiger charge is 2.15. The first-order valence-corrected chi connectivity index (χ1v) is 5.77. The Balaban J connectivity index is 4.27. The Kier molecular flexibility index (Phi) is 8.05.